The van der Waals surface area contributed by atoms with E-state index in [-0.39, 0.29) is 36.6 Å². The molecule has 1 aliphatic heterocycles. The molecule has 43 heavy (non-hydrogen) atoms. The fourth-order valence-corrected chi connectivity index (χ4v) is 4.59. The number of aliphatic hydroxyl groups excluding tert-OH is 1. The Morgan fingerprint density at radius 2 is 1.63 bits per heavy atom. The van der Waals surface area contributed by atoms with Gasteiger partial charge in [-0.25, -0.2) is 4.79 Å². The Labute approximate surface area is 253 Å². The maximum absolute atomic E-state index is 13.5. The van der Waals surface area contributed by atoms with Crippen molar-refractivity contribution in [2.45, 2.75) is 72.2 Å². The van der Waals surface area contributed by atoms with Gasteiger partial charge in [0.15, 0.2) is 11.6 Å². The molecule has 0 aliphatic carbocycles. The standard InChI is InChI=1S/C31H44N6O6/c1-20(2)15-25(27(38)18-37-28(35-43-31(37)41)24-9-7-8-14-32-24)33-29(39)26(16-21(3)4)34-30(40)42-19-23-12-10-22(11-13-23)17-36(5)6/h7-14,20-21,25-26,31,41H,15-19H2,1-6H3,(H,33,39)(H,34,40)/t25-,26-,31?/m0/s1. The zero-order valence-corrected chi connectivity index (χ0v) is 25.8. The minimum absolute atomic E-state index is 0.0545. The summed E-state index contributed by atoms with van der Waals surface area (Å²) in [5, 5.41) is 19.7. The molecule has 1 aliphatic rings. The first kappa shape index (κ1) is 33.5. The van der Waals surface area contributed by atoms with E-state index in [1.54, 1.807) is 24.4 Å². The summed E-state index contributed by atoms with van der Waals surface area (Å²) in [6.45, 7) is 8.34. The van der Waals surface area contributed by atoms with Crippen molar-refractivity contribution in [2.75, 3.05) is 20.6 Å². The summed E-state index contributed by atoms with van der Waals surface area (Å²) < 4.78 is 5.41. The molecule has 0 spiro atoms. The lowest BCUT2D eigenvalue weighted by Crippen LogP contribution is -2.54. The van der Waals surface area contributed by atoms with Crippen LogP contribution in [0.25, 0.3) is 0 Å². The largest absolute Gasteiger partial charge is 0.445 e. The third-order valence-electron chi connectivity index (χ3n) is 6.61. The quantitative estimate of drug-likeness (QED) is 0.283. The summed E-state index contributed by atoms with van der Waals surface area (Å²) in [5.41, 5.74) is 2.40. The molecule has 2 aromatic rings. The highest BCUT2D eigenvalue weighted by atomic mass is 16.7. The summed E-state index contributed by atoms with van der Waals surface area (Å²) in [6.07, 6.45) is 0.0785. The number of aromatic nitrogens is 1. The molecule has 3 N–H and O–H groups in total. The van der Waals surface area contributed by atoms with Crippen LogP contribution < -0.4 is 10.6 Å². The normalized spacial score (nSPS) is 16.1. The minimum atomic E-state index is -1.47. The molecule has 1 aromatic heterocycles. The van der Waals surface area contributed by atoms with Gasteiger partial charge in [0, 0.05) is 12.7 Å². The van der Waals surface area contributed by atoms with Crippen molar-refractivity contribution >= 4 is 23.6 Å². The fourth-order valence-electron chi connectivity index (χ4n) is 4.59. The number of pyridine rings is 1. The lowest BCUT2D eigenvalue weighted by atomic mass is 9.98. The molecule has 0 radical (unpaired) electrons. The molecule has 234 valence electrons. The molecule has 2 amide bonds. The smallest absolute Gasteiger partial charge is 0.408 e. The van der Waals surface area contributed by atoms with Gasteiger partial charge in [0.2, 0.25) is 5.91 Å². The molecule has 3 atom stereocenters. The van der Waals surface area contributed by atoms with E-state index in [1.807, 2.05) is 66.1 Å². The Kier molecular flexibility index (Phi) is 12.4. The first-order valence-corrected chi connectivity index (χ1v) is 14.5. The minimum Gasteiger partial charge on any atom is -0.445 e. The molecule has 0 fully saturated rings. The van der Waals surface area contributed by atoms with Crippen LogP contribution in [0.1, 0.15) is 57.4 Å². The molecule has 12 nitrogen and oxygen atoms in total. The van der Waals surface area contributed by atoms with Gasteiger partial charge in [-0.05, 0) is 62.0 Å². The number of amidine groups is 1. The van der Waals surface area contributed by atoms with Crippen LogP contribution in [0.4, 0.5) is 4.79 Å². The van der Waals surface area contributed by atoms with Crippen molar-refractivity contribution in [1.29, 1.82) is 0 Å². The van der Waals surface area contributed by atoms with Crippen LogP contribution in [-0.4, -0.2) is 82.6 Å². The molecular formula is C31H44N6O6. The van der Waals surface area contributed by atoms with Gasteiger partial charge < -0.3 is 30.2 Å². The predicted molar refractivity (Wildman–Crippen MR) is 161 cm³/mol. The Bertz CT molecular complexity index is 1240. The number of aliphatic hydroxyl groups is 1. The van der Waals surface area contributed by atoms with E-state index in [0.29, 0.717) is 18.5 Å². The highest BCUT2D eigenvalue weighted by molar-refractivity contribution is 6.01. The maximum atomic E-state index is 13.5. The topological polar surface area (TPSA) is 146 Å². The summed E-state index contributed by atoms with van der Waals surface area (Å²) in [4.78, 5) is 52.2. The highest BCUT2D eigenvalue weighted by Crippen LogP contribution is 2.17. The Hall–Kier alpha value is -4.03. The van der Waals surface area contributed by atoms with Crippen molar-refractivity contribution in [3.05, 3.63) is 65.5 Å². The average molecular weight is 597 g/mol. The van der Waals surface area contributed by atoms with E-state index in [4.69, 9.17) is 9.57 Å². The van der Waals surface area contributed by atoms with Gasteiger partial charge in [-0.15, -0.1) is 0 Å². The lowest BCUT2D eigenvalue weighted by Gasteiger charge is -2.27. The van der Waals surface area contributed by atoms with Crippen molar-refractivity contribution in [1.82, 2.24) is 25.4 Å². The van der Waals surface area contributed by atoms with Gasteiger partial charge in [-0.3, -0.25) is 19.5 Å². The lowest BCUT2D eigenvalue weighted by molar-refractivity contribution is -0.152. The van der Waals surface area contributed by atoms with Crippen molar-refractivity contribution in [3.63, 3.8) is 0 Å². The SMILES string of the molecule is CC(C)C[C@H](NC(=O)[C@H](CC(C)C)NC(=O)OCc1ccc(CN(C)C)cc1)C(=O)CN1C(c2ccccn2)=NOC1O. The van der Waals surface area contributed by atoms with E-state index >= 15 is 0 Å². The molecule has 2 heterocycles. The van der Waals surface area contributed by atoms with Crippen LogP contribution in [0.2, 0.25) is 0 Å². The molecule has 0 saturated carbocycles. The van der Waals surface area contributed by atoms with Gasteiger partial charge in [0.05, 0.1) is 12.6 Å². The monoisotopic (exact) mass is 596 g/mol. The van der Waals surface area contributed by atoms with Gasteiger partial charge in [-0.2, -0.15) is 0 Å². The van der Waals surface area contributed by atoms with Crippen LogP contribution in [-0.2, 0) is 32.3 Å². The van der Waals surface area contributed by atoms with Gasteiger partial charge in [0.25, 0.3) is 0 Å². The number of ketones is 1. The van der Waals surface area contributed by atoms with Crippen molar-refractivity contribution < 1.29 is 29.1 Å². The molecule has 3 rings (SSSR count). The molecular weight excluding hydrogens is 552 g/mol. The number of benzene rings is 1. The Balaban J connectivity index is 1.64. The Morgan fingerprint density at radius 1 is 0.977 bits per heavy atom. The first-order chi connectivity index (χ1) is 20.4. The third-order valence-corrected chi connectivity index (χ3v) is 6.61. The van der Waals surface area contributed by atoms with Crippen LogP contribution in [0.3, 0.4) is 0 Å². The summed E-state index contributed by atoms with van der Waals surface area (Å²) >= 11 is 0. The number of Topliss-reactive ketones (excluding diaryl/α,β-unsaturated/α-hetero) is 1. The number of carbonyl (C=O) groups excluding carboxylic acids is 3. The van der Waals surface area contributed by atoms with Gasteiger partial charge >= 0.3 is 12.5 Å². The number of alkyl carbamates (subject to hydrolysis) is 1. The van der Waals surface area contributed by atoms with E-state index in [9.17, 15) is 19.5 Å². The van der Waals surface area contributed by atoms with E-state index in [0.717, 1.165) is 17.7 Å². The summed E-state index contributed by atoms with van der Waals surface area (Å²) in [7, 11) is 3.99. The second-order valence-corrected chi connectivity index (χ2v) is 11.8. The maximum Gasteiger partial charge on any atom is 0.408 e. The number of amides is 2. The summed E-state index contributed by atoms with van der Waals surface area (Å²) in [6, 6.07) is 11.2. The number of rotatable bonds is 15. The zero-order valence-electron chi connectivity index (χ0n) is 25.8. The number of nitrogens with one attached hydrogen (secondary N) is 2. The number of hydrogen-bond acceptors (Lipinski definition) is 10. The van der Waals surface area contributed by atoms with E-state index in [1.165, 1.54) is 4.90 Å². The highest BCUT2D eigenvalue weighted by Gasteiger charge is 2.35. The van der Waals surface area contributed by atoms with Crippen LogP contribution in [0.15, 0.2) is 53.8 Å². The van der Waals surface area contributed by atoms with Crippen molar-refractivity contribution in [3.8, 4) is 0 Å². The second kappa shape index (κ2) is 16.0. The fraction of sp³-hybridized carbons (Fsp3) is 0.516. The van der Waals surface area contributed by atoms with Crippen LogP contribution >= 0.6 is 0 Å². The first-order valence-electron chi connectivity index (χ1n) is 14.5. The molecule has 0 bridgehead atoms. The number of oxime groups is 1. The van der Waals surface area contributed by atoms with Crippen LogP contribution in [0.5, 0.6) is 0 Å². The van der Waals surface area contributed by atoms with Gasteiger partial charge in [-0.1, -0.05) is 63.2 Å². The average Bonchev–Trinajstić information content (AvgIpc) is 3.31. The molecule has 0 saturated heterocycles. The second-order valence-electron chi connectivity index (χ2n) is 11.8. The number of ether oxygens (including phenoxy) is 1. The molecule has 1 unspecified atom stereocenters. The zero-order chi connectivity index (χ0) is 31.5. The predicted octanol–water partition coefficient (Wildman–Crippen LogP) is 2.85. The van der Waals surface area contributed by atoms with Gasteiger partial charge in [0.1, 0.15) is 18.3 Å². The van der Waals surface area contributed by atoms with E-state index in [2.05, 4.69) is 25.7 Å². The van der Waals surface area contributed by atoms with E-state index < -0.39 is 30.5 Å². The molecule has 1 aromatic carbocycles. The number of nitrogens with zero attached hydrogens (tertiary/aromatic N) is 4. The Morgan fingerprint density at radius 3 is 2.23 bits per heavy atom. The number of hydrogen-bond donors (Lipinski definition) is 3. The third kappa shape index (κ3) is 10.6. The molecule has 12 heteroatoms. The van der Waals surface area contributed by atoms with Crippen molar-refractivity contribution in [2.24, 2.45) is 17.0 Å². The van der Waals surface area contributed by atoms with Crippen LogP contribution in [0, 0.1) is 11.8 Å². The summed E-state index contributed by atoms with van der Waals surface area (Å²) in [5.74, 6) is -0.476. The number of carbonyl (C=O) groups is 3.